The molecule has 0 unspecified atom stereocenters. The number of hydrogen-bond donors (Lipinski definition) is 2. The van der Waals surface area contributed by atoms with Gasteiger partial charge in [0.05, 0.1) is 6.54 Å². The topological polar surface area (TPSA) is 44.4 Å². The van der Waals surface area contributed by atoms with Crippen LogP contribution < -0.4 is 15.5 Å². The van der Waals surface area contributed by atoms with E-state index in [0.717, 1.165) is 19.6 Å². The van der Waals surface area contributed by atoms with Crippen molar-refractivity contribution in [1.82, 2.24) is 10.6 Å². The number of fused-ring (bicyclic) bond motifs is 1. The van der Waals surface area contributed by atoms with E-state index >= 15 is 0 Å². The molecule has 0 atom stereocenters. The third kappa shape index (κ3) is 2.97. The first-order chi connectivity index (χ1) is 8.31. The van der Waals surface area contributed by atoms with Crippen molar-refractivity contribution in [2.75, 3.05) is 31.1 Å². The summed E-state index contributed by atoms with van der Waals surface area (Å²) in [7, 11) is 0. The van der Waals surface area contributed by atoms with Crippen LogP contribution in [-0.2, 0) is 11.3 Å². The standard InChI is InChI=1S/C13H19N3O/c1-2-15-13(17)10-16-8-7-14-9-11-5-3-4-6-12(11)16/h3-6,14H,2,7-10H2,1H3,(H,15,17). The quantitative estimate of drug-likeness (QED) is 0.809. The number of rotatable bonds is 3. The number of benzene rings is 1. The molecule has 2 N–H and O–H groups in total. The van der Waals surface area contributed by atoms with Crippen LogP contribution in [0.15, 0.2) is 24.3 Å². The van der Waals surface area contributed by atoms with Crippen molar-refractivity contribution in [1.29, 1.82) is 0 Å². The summed E-state index contributed by atoms with van der Waals surface area (Å²) in [4.78, 5) is 13.8. The Bertz CT molecular complexity index is 392. The van der Waals surface area contributed by atoms with Crippen LogP contribution in [0.1, 0.15) is 12.5 Å². The highest BCUT2D eigenvalue weighted by Gasteiger charge is 2.16. The molecule has 0 aliphatic carbocycles. The SMILES string of the molecule is CCNC(=O)CN1CCNCc2ccccc21. The number of likely N-dealkylation sites (N-methyl/N-ethyl adjacent to an activating group) is 1. The van der Waals surface area contributed by atoms with E-state index in [9.17, 15) is 4.79 Å². The van der Waals surface area contributed by atoms with Crippen molar-refractivity contribution >= 4 is 11.6 Å². The Morgan fingerprint density at radius 3 is 3.12 bits per heavy atom. The fraction of sp³-hybridized carbons (Fsp3) is 0.462. The summed E-state index contributed by atoms with van der Waals surface area (Å²) < 4.78 is 0. The number of anilines is 1. The zero-order valence-corrected chi connectivity index (χ0v) is 10.2. The zero-order valence-electron chi connectivity index (χ0n) is 10.2. The van der Waals surface area contributed by atoms with Gasteiger partial charge in [-0.2, -0.15) is 0 Å². The van der Waals surface area contributed by atoms with Crippen LogP contribution >= 0.6 is 0 Å². The van der Waals surface area contributed by atoms with Crippen LogP contribution in [0.5, 0.6) is 0 Å². The lowest BCUT2D eigenvalue weighted by Crippen LogP contribution is -2.39. The van der Waals surface area contributed by atoms with E-state index in [0.29, 0.717) is 13.1 Å². The third-order valence-electron chi connectivity index (χ3n) is 2.91. The largest absolute Gasteiger partial charge is 0.361 e. The van der Waals surface area contributed by atoms with Gasteiger partial charge in [0.2, 0.25) is 5.91 Å². The number of amides is 1. The smallest absolute Gasteiger partial charge is 0.239 e. The van der Waals surface area contributed by atoms with Crippen LogP contribution in [0.25, 0.3) is 0 Å². The van der Waals surface area contributed by atoms with Gasteiger partial charge in [-0.25, -0.2) is 0 Å². The molecule has 1 aromatic rings. The summed E-state index contributed by atoms with van der Waals surface area (Å²) in [5.74, 6) is 0.0872. The number of carbonyl (C=O) groups is 1. The molecule has 2 rings (SSSR count). The average molecular weight is 233 g/mol. The van der Waals surface area contributed by atoms with Gasteiger partial charge in [-0.1, -0.05) is 18.2 Å². The number of carbonyl (C=O) groups excluding carboxylic acids is 1. The molecular formula is C13H19N3O. The van der Waals surface area contributed by atoms with E-state index in [1.807, 2.05) is 19.1 Å². The van der Waals surface area contributed by atoms with E-state index in [1.54, 1.807) is 0 Å². The molecule has 1 heterocycles. The van der Waals surface area contributed by atoms with Gasteiger partial charge >= 0.3 is 0 Å². The van der Waals surface area contributed by atoms with Crippen LogP contribution in [0, 0.1) is 0 Å². The summed E-state index contributed by atoms with van der Waals surface area (Å²) in [6.07, 6.45) is 0. The van der Waals surface area contributed by atoms with Gasteiger partial charge in [-0.05, 0) is 18.6 Å². The highest BCUT2D eigenvalue weighted by molar-refractivity contribution is 5.81. The summed E-state index contributed by atoms with van der Waals surface area (Å²) in [5, 5.41) is 6.21. The van der Waals surface area contributed by atoms with Crippen molar-refractivity contribution in [3.63, 3.8) is 0 Å². The van der Waals surface area contributed by atoms with Crippen LogP contribution in [0.3, 0.4) is 0 Å². The van der Waals surface area contributed by atoms with Gasteiger partial charge in [0.25, 0.3) is 0 Å². The second-order valence-electron chi connectivity index (χ2n) is 4.18. The molecule has 1 aromatic carbocycles. The normalized spacial score (nSPS) is 15.0. The molecule has 0 fully saturated rings. The van der Waals surface area contributed by atoms with E-state index in [1.165, 1.54) is 11.3 Å². The highest BCUT2D eigenvalue weighted by atomic mass is 16.2. The minimum absolute atomic E-state index is 0.0872. The lowest BCUT2D eigenvalue weighted by molar-refractivity contribution is -0.119. The molecule has 1 aliphatic heterocycles. The van der Waals surface area contributed by atoms with Gasteiger partial charge < -0.3 is 15.5 Å². The number of para-hydroxylation sites is 1. The summed E-state index contributed by atoms with van der Waals surface area (Å²) >= 11 is 0. The molecule has 0 spiro atoms. The Kier molecular flexibility index (Phi) is 3.98. The van der Waals surface area contributed by atoms with Gasteiger partial charge in [0, 0.05) is 31.9 Å². The molecule has 17 heavy (non-hydrogen) atoms. The maximum atomic E-state index is 11.7. The first-order valence-electron chi connectivity index (χ1n) is 6.11. The third-order valence-corrected chi connectivity index (χ3v) is 2.91. The monoisotopic (exact) mass is 233 g/mol. The highest BCUT2D eigenvalue weighted by Crippen LogP contribution is 2.21. The lowest BCUT2D eigenvalue weighted by Gasteiger charge is -2.23. The average Bonchev–Trinajstić information content (AvgIpc) is 2.53. The predicted molar refractivity (Wildman–Crippen MR) is 69.0 cm³/mol. The van der Waals surface area contributed by atoms with E-state index in [4.69, 9.17) is 0 Å². The molecule has 0 aromatic heterocycles. The predicted octanol–water partition coefficient (Wildman–Crippen LogP) is 0.732. The summed E-state index contributed by atoms with van der Waals surface area (Å²) in [6.45, 7) is 5.72. The summed E-state index contributed by atoms with van der Waals surface area (Å²) in [6, 6.07) is 8.25. The zero-order chi connectivity index (χ0) is 12.1. The van der Waals surface area contributed by atoms with E-state index < -0.39 is 0 Å². The van der Waals surface area contributed by atoms with Gasteiger partial charge in [-0.15, -0.1) is 0 Å². The van der Waals surface area contributed by atoms with Crippen molar-refractivity contribution < 1.29 is 4.79 Å². The molecule has 92 valence electrons. The van der Waals surface area contributed by atoms with Crippen molar-refractivity contribution in [3.05, 3.63) is 29.8 Å². The second kappa shape index (κ2) is 5.68. The maximum absolute atomic E-state index is 11.7. The van der Waals surface area contributed by atoms with Crippen LogP contribution in [0.2, 0.25) is 0 Å². The minimum Gasteiger partial charge on any atom is -0.361 e. The minimum atomic E-state index is 0.0872. The number of nitrogens with one attached hydrogen (secondary N) is 2. The Hall–Kier alpha value is -1.55. The second-order valence-corrected chi connectivity index (χ2v) is 4.18. The van der Waals surface area contributed by atoms with E-state index in [-0.39, 0.29) is 5.91 Å². The van der Waals surface area contributed by atoms with Crippen molar-refractivity contribution in [2.24, 2.45) is 0 Å². The Balaban J connectivity index is 2.14. The molecule has 4 heteroatoms. The van der Waals surface area contributed by atoms with Crippen LogP contribution in [-0.4, -0.2) is 32.1 Å². The fourth-order valence-corrected chi connectivity index (χ4v) is 2.12. The molecule has 4 nitrogen and oxygen atoms in total. The molecule has 0 bridgehead atoms. The van der Waals surface area contributed by atoms with Crippen LogP contribution in [0.4, 0.5) is 5.69 Å². The maximum Gasteiger partial charge on any atom is 0.239 e. The van der Waals surface area contributed by atoms with Crippen molar-refractivity contribution in [3.8, 4) is 0 Å². The number of hydrogen-bond acceptors (Lipinski definition) is 3. The van der Waals surface area contributed by atoms with Gasteiger partial charge in [0.15, 0.2) is 0 Å². The van der Waals surface area contributed by atoms with Gasteiger partial charge in [-0.3, -0.25) is 4.79 Å². The first kappa shape index (κ1) is 11.9. The molecule has 0 saturated heterocycles. The summed E-state index contributed by atoms with van der Waals surface area (Å²) in [5.41, 5.74) is 2.43. The van der Waals surface area contributed by atoms with E-state index in [2.05, 4.69) is 27.7 Å². The Labute approximate surface area is 102 Å². The first-order valence-corrected chi connectivity index (χ1v) is 6.11. The van der Waals surface area contributed by atoms with Crippen molar-refractivity contribution in [2.45, 2.75) is 13.5 Å². The Morgan fingerprint density at radius 1 is 1.47 bits per heavy atom. The molecule has 0 saturated carbocycles. The number of nitrogens with zero attached hydrogens (tertiary/aromatic N) is 1. The van der Waals surface area contributed by atoms with Gasteiger partial charge in [0.1, 0.15) is 0 Å². The molecule has 0 radical (unpaired) electrons. The molecule has 1 aliphatic rings. The lowest BCUT2D eigenvalue weighted by atomic mass is 10.1. The fourth-order valence-electron chi connectivity index (χ4n) is 2.12. The Morgan fingerprint density at radius 2 is 2.29 bits per heavy atom. The molecule has 1 amide bonds. The molecular weight excluding hydrogens is 214 g/mol.